The summed E-state index contributed by atoms with van der Waals surface area (Å²) in [5.41, 5.74) is 8.46. The van der Waals surface area contributed by atoms with Crippen molar-refractivity contribution in [2.75, 3.05) is 20.8 Å². The van der Waals surface area contributed by atoms with Gasteiger partial charge in [0.2, 0.25) is 0 Å². The van der Waals surface area contributed by atoms with E-state index in [1.807, 2.05) is 18.2 Å². The van der Waals surface area contributed by atoms with Gasteiger partial charge in [0.15, 0.2) is 0 Å². The van der Waals surface area contributed by atoms with E-state index in [2.05, 4.69) is 37.3 Å². The van der Waals surface area contributed by atoms with Crippen LogP contribution in [-0.4, -0.2) is 20.8 Å². The number of rotatable bonds is 6. The number of ether oxygens (including phenoxy) is 2. The Balaban J connectivity index is 2.37. The van der Waals surface area contributed by atoms with Crippen molar-refractivity contribution in [3.05, 3.63) is 59.7 Å². The van der Waals surface area contributed by atoms with Crippen LogP contribution in [0.15, 0.2) is 48.5 Å². The minimum Gasteiger partial charge on any atom is -0.497 e. The highest BCUT2D eigenvalue weighted by Gasteiger charge is 2.23. The van der Waals surface area contributed by atoms with Gasteiger partial charge in [-0.25, -0.2) is 0 Å². The molecule has 0 aliphatic heterocycles. The van der Waals surface area contributed by atoms with E-state index in [1.54, 1.807) is 14.2 Å². The fraction of sp³-hybridized carbons (Fsp3) is 0.333. The number of methoxy groups -OCH3 is 2. The Labute approximate surface area is 126 Å². The highest BCUT2D eigenvalue weighted by molar-refractivity contribution is 5.44. The first-order chi connectivity index (χ1) is 10.2. The summed E-state index contributed by atoms with van der Waals surface area (Å²) in [6.07, 6.45) is 0. The first-order valence-electron chi connectivity index (χ1n) is 7.18. The quantitative estimate of drug-likeness (QED) is 0.882. The van der Waals surface area contributed by atoms with E-state index in [-0.39, 0.29) is 5.92 Å². The van der Waals surface area contributed by atoms with Gasteiger partial charge in [-0.1, -0.05) is 43.3 Å². The molecule has 3 heteroatoms. The summed E-state index contributed by atoms with van der Waals surface area (Å²) >= 11 is 0. The van der Waals surface area contributed by atoms with Crippen LogP contribution in [0.2, 0.25) is 0 Å². The van der Waals surface area contributed by atoms with Gasteiger partial charge in [0.05, 0.1) is 14.2 Å². The van der Waals surface area contributed by atoms with Crippen molar-refractivity contribution in [2.24, 2.45) is 5.73 Å². The summed E-state index contributed by atoms with van der Waals surface area (Å²) in [4.78, 5) is 0. The molecule has 0 bridgehead atoms. The second-order valence-corrected chi connectivity index (χ2v) is 5.15. The Kier molecular flexibility index (Phi) is 5.23. The molecular formula is C18H23NO2. The molecule has 2 aromatic carbocycles. The van der Waals surface area contributed by atoms with E-state index in [4.69, 9.17) is 15.2 Å². The molecule has 0 saturated carbocycles. The maximum absolute atomic E-state index is 6.05. The molecule has 21 heavy (non-hydrogen) atoms. The molecule has 2 aromatic rings. The number of nitrogens with two attached hydrogens (primary N) is 1. The van der Waals surface area contributed by atoms with Gasteiger partial charge in [0.25, 0.3) is 0 Å². The molecule has 0 aliphatic carbocycles. The monoisotopic (exact) mass is 285 g/mol. The van der Waals surface area contributed by atoms with E-state index in [1.165, 1.54) is 5.56 Å². The minimum atomic E-state index is 0.202. The summed E-state index contributed by atoms with van der Waals surface area (Å²) < 4.78 is 10.8. The molecule has 2 rings (SSSR count). The average molecular weight is 285 g/mol. The lowest BCUT2D eigenvalue weighted by molar-refractivity contribution is 0.386. The van der Waals surface area contributed by atoms with Crippen LogP contribution in [0.1, 0.15) is 29.9 Å². The number of hydrogen-bond donors (Lipinski definition) is 1. The Morgan fingerprint density at radius 2 is 1.71 bits per heavy atom. The van der Waals surface area contributed by atoms with Gasteiger partial charge in [0.1, 0.15) is 11.5 Å². The molecule has 0 fully saturated rings. The topological polar surface area (TPSA) is 44.5 Å². The van der Waals surface area contributed by atoms with E-state index in [9.17, 15) is 0 Å². The van der Waals surface area contributed by atoms with Gasteiger partial charge in [-0.15, -0.1) is 0 Å². The molecule has 0 spiro atoms. The largest absolute Gasteiger partial charge is 0.497 e. The zero-order valence-corrected chi connectivity index (χ0v) is 12.9. The molecule has 2 unspecified atom stereocenters. The second kappa shape index (κ2) is 7.14. The lowest BCUT2D eigenvalue weighted by Gasteiger charge is -2.25. The van der Waals surface area contributed by atoms with Crippen LogP contribution in [0.4, 0.5) is 0 Å². The van der Waals surface area contributed by atoms with Gasteiger partial charge >= 0.3 is 0 Å². The summed E-state index contributed by atoms with van der Waals surface area (Å²) in [5, 5.41) is 0. The molecule has 0 amide bonds. The van der Waals surface area contributed by atoms with Gasteiger partial charge in [0, 0.05) is 12.0 Å². The Bertz CT molecular complexity index is 569. The van der Waals surface area contributed by atoms with Crippen molar-refractivity contribution in [1.29, 1.82) is 0 Å². The Morgan fingerprint density at radius 1 is 1.00 bits per heavy atom. The van der Waals surface area contributed by atoms with Crippen LogP contribution in [0.3, 0.4) is 0 Å². The number of benzene rings is 2. The van der Waals surface area contributed by atoms with Gasteiger partial charge in [-0.05, 0) is 29.7 Å². The standard InChI is InChI=1S/C18H23NO2/c1-13(14-7-5-4-6-8-14)17(12-19)16-10-9-15(20-2)11-18(16)21-3/h4-11,13,17H,12,19H2,1-3H3. The molecule has 112 valence electrons. The van der Waals surface area contributed by atoms with E-state index in [0.717, 1.165) is 17.1 Å². The molecule has 0 aliphatic rings. The Morgan fingerprint density at radius 3 is 2.29 bits per heavy atom. The fourth-order valence-electron chi connectivity index (χ4n) is 2.71. The van der Waals surface area contributed by atoms with Crippen molar-refractivity contribution in [1.82, 2.24) is 0 Å². The van der Waals surface area contributed by atoms with Crippen LogP contribution in [0.5, 0.6) is 11.5 Å². The molecule has 0 saturated heterocycles. The van der Waals surface area contributed by atoms with Crippen molar-refractivity contribution < 1.29 is 9.47 Å². The van der Waals surface area contributed by atoms with Crippen LogP contribution >= 0.6 is 0 Å². The molecule has 0 heterocycles. The predicted molar refractivity (Wildman–Crippen MR) is 86.2 cm³/mol. The van der Waals surface area contributed by atoms with Crippen molar-refractivity contribution >= 4 is 0 Å². The highest BCUT2D eigenvalue weighted by atomic mass is 16.5. The molecule has 3 nitrogen and oxygen atoms in total. The summed E-state index contributed by atoms with van der Waals surface area (Å²) in [5.74, 6) is 2.14. The third-order valence-corrected chi connectivity index (χ3v) is 4.02. The molecule has 2 atom stereocenters. The first kappa shape index (κ1) is 15.4. The smallest absolute Gasteiger partial charge is 0.126 e. The summed E-state index contributed by atoms with van der Waals surface area (Å²) in [6, 6.07) is 16.4. The van der Waals surface area contributed by atoms with Crippen LogP contribution in [-0.2, 0) is 0 Å². The molecule has 0 aromatic heterocycles. The van der Waals surface area contributed by atoms with Crippen LogP contribution in [0.25, 0.3) is 0 Å². The van der Waals surface area contributed by atoms with E-state index >= 15 is 0 Å². The minimum absolute atomic E-state index is 0.202. The van der Waals surface area contributed by atoms with Crippen LogP contribution < -0.4 is 15.2 Å². The molecule has 2 N–H and O–H groups in total. The van der Waals surface area contributed by atoms with Gasteiger partial charge < -0.3 is 15.2 Å². The molecular weight excluding hydrogens is 262 g/mol. The maximum Gasteiger partial charge on any atom is 0.126 e. The zero-order chi connectivity index (χ0) is 15.2. The van der Waals surface area contributed by atoms with Gasteiger partial charge in [-0.3, -0.25) is 0 Å². The average Bonchev–Trinajstić information content (AvgIpc) is 2.56. The zero-order valence-electron chi connectivity index (χ0n) is 12.9. The van der Waals surface area contributed by atoms with Crippen molar-refractivity contribution in [2.45, 2.75) is 18.8 Å². The van der Waals surface area contributed by atoms with Crippen molar-refractivity contribution in [3.63, 3.8) is 0 Å². The number of hydrogen-bond acceptors (Lipinski definition) is 3. The van der Waals surface area contributed by atoms with Gasteiger partial charge in [-0.2, -0.15) is 0 Å². The fourth-order valence-corrected chi connectivity index (χ4v) is 2.71. The SMILES string of the molecule is COc1ccc(C(CN)C(C)c2ccccc2)c(OC)c1. The van der Waals surface area contributed by atoms with E-state index < -0.39 is 0 Å². The maximum atomic E-state index is 6.05. The molecule has 0 radical (unpaired) electrons. The first-order valence-corrected chi connectivity index (χ1v) is 7.18. The normalized spacial score (nSPS) is 13.5. The summed E-state index contributed by atoms with van der Waals surface area (Å²) in [7, 11) is 3.33. The third-order valence-electron chi connectivity index (χ3n) is 4.02. The lowest BCUT2D eigenvalue weighted by Crippen LogP contribution is -2.19. The van der Waals surface area contributed by atoms with Crippen LogP contribution in [0, 0.1) is 0 Å². The predicted octanol–water partition coefficient (Wildman–Crippen LogP) is 3.55. The Hall–Kier alpha value is -2.00. The lowest BCUT2D eigenvalue weighted by atomic mass is 9.82. The summed E-state index contributed by atoms with van der Waals surface area (Å²) in [6.45, 7) is 2.77. The highest BCUT2D eigenvalue weighted by Crippen LogP contribution is 2.38. The second-order valence-electron chi connectivity index (χ2n) is 5.15. The van der Waals surface area contributed by atoms with Crippen molar-refractivity contribution in [3.8, 4) is 11.5 Å². The third kappa shape index (κ3) is 3.37. The van der Waals surface area contributed by atoms with E-state index in [0.29, 0.717) is 12.5 Å².